The van der Waals surface area contributed by atoms with Crippen LogP contribution < -0.4 is 5.73 Å². The Morgan fingerprint density at radius 2 is 2.00 bits per heavy atom. The monoisotopic (exact) mass is 340 g/mol. The summed E-state index contributed by atoms with van der Waals surface area (Å²) in [7, 11) is 0. The predicted octanol–water partition coefficient (Wildman–Crippen LogP) is 1.03. The van der Waals surface area contributed by atoms with Crippen molar-refractivity contribution in [3.63, 3.8) is 0 Å². The molecule has 4 heteroatoms. The van der Waals surface area contributed by atoms with Crippen molar-refractivity contribution in [2.75, 3.05) is 24.1 Å². The molecule has 0 atom stereocenters. The summed E-state index contributed by atoms with van der Waals surface area (Å²) in [6.45, 7) is 2.90. The van der Waals surface area contributed by atoms with Crippen LogP contribution in [0, 0.1) is 0 Å². The Hall–Kier alpha value is 1.38. The molecule has 0 unspecified atom stereocenters. The lowest BCUT2D eigenvalue weighted by atomic mass is 10.6. The zero-order valence-corrected chi connectivity index (χ0v) is 8.92. The molecule has 50 valence electrons. The molecule has 0 bridgehead atoms. The molecule has 0 aliphatic rings. The molecular weight excluding hydrogens is 330 g/mol. The highest BCUT2D eigenvalue weighted by Gasteiger charge is 1.93. The normalized spacial score (nSPS) is 10.5. The summed E-state index contributed by atoms with van der Waals surface area (Å²) in [5.41, 5.74) is 5.31. The van der Waals surface area contributed by atoms with Gasteiger partial charge in [0.05, 0.1) is 0 Å². The van der Waals surface area contributed by atoms with Gasteiger partial charge in [0.2, 0.25) is 0 Å². The minimum absolute atomic E-state index is 0.763. The molecule has 0 fully saturated rings. The van der Waals surface area contributed by atoms with Crippen LogP contribution in [0.5, 0.6) is 0 Å². The number of nitrogens with two attached hydrogens (primary N) is 1. The quantitative estimate of drug-likeness (QED) is 0.471. The van der Waals surface area contributed by atoms with E-state index in [2.05, 4.69) is 48.6 Å². The van der Waals surface area contributed by atoms with Gasteiger partial charge in [-0.05, 0) is 0 Å². The molecule has 0 aliphatic carbocycles. The molecule has 0 saturated carbocycles. The van der Waals surface area contributed by atoms with E-state index in [1.165, 1.54) is 4.43 Å². The molecule has 0 spiro atoms. The molecule has 0 aromatic carbocycles. The van der Waals surface area contributed by atoms with Crippen molar-refractivity contribution in [3.8, 4) is 0 Å². The van der Waals surface area contributed by atoms with Crippen molar-refractivity contribution in [2.24, 2.45) is 5.73 Å². The number of rotatable bonds is 4. The fraction of sp³-hybridized carbons (Fsp3) is 1.00. The SMILES string of the molecule is NCCN(I)CCI. The number of halogens is 2. The second-order valence-corrected chi connectivity index (χ2v) is 3.83. The van der Waals surface area contributed by atoms with Gasteiger partial charge in [0, 0.05) is 46.9 Å². The van der Waals surface area contributed by atoms with Crippen molar-refractivity contribution < 1.29 is 0 Å². The van der Waals surface area contributed by atoms with E-state index in [1.54, 1.807) is 0 Å². The lowest BCUT2D eigenvalue weighted by Gasteiger charge is -2.09. The van der Waals surface area contributed by atoms with E-state index in [-0.39, 0.29) is 0 Å². The Morgan fingerprint density at radius 3 is 2.38 bits per heavy atom. The third kappa shape index (κ3) is 5.52. The van der Waals surface area contributed by atoms with Crippen LogP contribution in [-0.2, 0) is 0 Å². The molecule has 0 radical (unpaired) electrons. The van der Waals surface area contributed by atoms with E-state index in [9.17, 15) is 0 Å². The Labute approximate surface area is 77.8 Å². The molecule has 8 heavy (non-hydrogen) atoms. The maximum atomic E-state index is 5.31. The predicted molar refractivity (Wildman–Crippen MR) is 53.5 cm³/mol. The minimum Gasteiger partial charge on any atom is -0.329 e. The van der Waals surface area contributed by atoms with Crippen molar-refractivity contribution >= 4 is 45.5 Å². The summed E-state index contributed by atoms with van der Waals surface area (Å²) in [4.78, 5) is 0. The van der Waals surface area contributed by atoms with Gasteiger partial charge < -0.3 is 5.73 Å². The Kier molecular flexibility index (Phi) is 7.62. The van der Waals surface area contributed by atoms with Gasteiger partial charge in [0.1, 0.15) is 0 Å². The fourth-order valence-electron chi connectivity index (χ4n) is 0.344. The van der Waals surface area contributed by atoms with E-state index >= 15 is 0 Å². The molecule has 0 rings (SSSR count). The van der Waals surface area contributed by atoms with Gasteiger partial charge in [-0.3, -0.25) is 0 Å². The first-order chi connectivity index (χ1) is 3.81. The zero-order chi connectivity index (χ0) is 6.41. The first kappa shape index (κ1) is 9.38. The first-order valence-corrected chi connectivity index (χ1v) is 4.97. The first-order valence-electron chi connectivity index (χ1n) is 2.48. The van der Waals surface area contributed by atoms with E-state index in [1.807, 2.05) is 0 Å². The van der Waals surface area contributed by atoms with Crippen LogP contribution in [0.3, 0.4) is 0 Å². The molecule has 2 nitrogen and oxygen atoms in total. The van der Waals surface area contributed by atoms with Crippen LogP contribution in [-0.4, -0.2) is 27.2 Å². The summed E-state index contributed by atoms with van der Waals surface area (Å²) >= 11 is 4.65. The van der Waals surface area contributed by atoms with Gasteiger partial charge in [-0.15, -0.1) is 0 Å². The topological polar surface area (TPSA) is 29.3 Å². The van der Waals surface area contributed by atoms with E-state index in [0.717, 1.165) is 19.6 Å². The lowest BCUT2D eigenvalue weighted by Crippen LogP contribution is -2.21. The summed E-state index contributed by atoms with van der Waals surface area (Å²) < 4.78 is 3.38. The van der Waals surface area contributed by atoms with Crippen molar-refractivity contribution in [1.82, 2.24) is 3.11 Å². The van der Waals surface area contributed by atoms with Crippen LogP contribution >= 0.6 is 45.5 Å². The molecule has 0 aliphatic heterocycles. The fourth-order valence-corrected chi connectivity index (χ4v) is 2.37. The summed E-state index contributed by atoms with van der Waals surface area (Å²) in [5, 5.41) is 0. The minimum atomic E-state index is 0.763. The average Bonchev–Trinajstić information content (AvgIpc) is 1.68. The smallest absolute Gasteiger partial charge is 0.0204 e. The summed E-state index contributed by atoms with van der Waals surface area (Å²) in [5.74, 6) is 0. The second kappa shape index (κ2) is 6.50. The van der Waals surface area contributed by atoms with Crippen LogP contribution in [0.4, 0.5) is 0 Å². The molecule has 0 heterocycles. The van der Waals surface area contributed by atoms with Gasteiger partial charge in [-0.2, -0.15) is 0 Å². The zero-order valence-electron chi connectivity index (χ0n) is 4.61. The maximum absolute atomic E-state index is 5.31. The molecule has 0 saturated heterocycles. The highest BCUT2D eigenvalue weighted by Crippen LogP contribution is 1.97. The Bertz CT molecular complexity index is 45.3. The van der Waals surface area contributed by atoms with Crippen molar-refractivity contribution in [3.05, 3.63) is 0 Å². The van der Waals surface area contributed by atoms with Gasteiger partial charge in [-0.25, -0.2) is 3.11 Å². The molecule has 0 aromatic heterocycles. The summed E-state index contributed by atoms with van der Waals surface area (Å²) in [6.07, 6.45) is 0. The Morgan fingerprint density at radius 1 is 1.38 bits per heavy atom. The van der Waals surface area contributed by atoms with Gasteiger partial charge in [0.25, 0.3) is 0 Å². The molecular formula is C4H10I2N2. The number of hydrogen-bond donors (Lipinski definition) is 1. The average molecular weight is 340 g/mol. The van der Waals surface area contributed by atoms with Crippen LogP contribution in [0.1, 0.15) is 0 Å². The number of nitrogens with zero attached hydrogens (tertiary/aromatic N) is 1. The standard InChI is InChI=1S/C4H10I2N2/c5-1-3-8(6)4-2-7/h1-4,7H2. The van der Waals surface area contributed by atoms with E-state index in [0.29, 0.717) is 0 Å². The second-order valence-electron chi connectivity index (χ2n) is 1.39. The number of hydrogen-bond acceptors (Lipinski definition) is 2. The molecule has 0 aromatic rings. The van der Waals surface area contributed by atoms with E-state index in [4.69, 9.17) is 5.73 Å². The molecule has 0 amide bonds. The maximum Gasteiger partial charge on any atom is 0.0204 e. The van der Waals surface area contributed by atoms with Crippen molar-refractivity contribution in [1.29, 1.82) is 0 Å². The summed E-state index contributed by atoms with van der Waals surface area (Å²) in [6, 6.07) is 0. The number of alkyl halides is 1. The highest BCUT2D eigenvalue weighted by molar-refractivity contribution is 14.1. The lowest BCUT2D eigenvalue weighted by molar-refractivity contribution is 0.554. The Balaban J connectivity index is 2.92. The van der Waals surface area contributed by atoms with E-state index < -0.39 is 0 Å². The van der Waals surface area contributed by atoms with Gasteiger partial charge >= 0.3 is 0 Å². The highest BCUT2D eigenvalue weighted by atomic mass is 127. The largest absolute Gasteiger partial charge is 0.329 e. The van der Waals surface area contributed by atoms with Crippen LogP contribution in [0.2, 0.25) is 0 Å². The van der Waals surface area contributed by atoms with Crippen LogP contribution in [0.15, 0.2) is 0 Å². The van der Waals surface area contributed by atoms with Crippen molar-refractivity contribution in [2.45, 2.75) is 0 Å². The third-order valence-electron chi connectivity index (χ3n) is 0.699. The van der Waals surface area contributed by atoms with Gasteiger partial charge in [-0.1, -0.05) is 22.6 Å². The van der Waals surface area contributed by atoms with Gasteiger partial charge in [0.15, 0.2) is 0 Å². The third-order valence-corrected chi connectivity index (χ3v) is 2.15. The van der Waals surface area contributed by atoms with Crippen LogP contribution in [0.25, 0.3) is 0 Å². The molecule has 2 N–H and O–H groups in total.